The van der Waals surface area contributed by atoms with E-state index in [4.69, 9.17) is 14.2 Å². The quantitative estimate of drug-likeness (QED) is 0.210. The molecular formula is C22H47NO3. The Bertz CT molecular complexity index is 281. The van der Waals surface area contributed by atoms with E-state index in [1.807, 2.05) is 0 Å². The molecule has 0 fully saturated rings. The fraction of sp³-hybridized carbons (Fsp3) is 1.00. The summed E-state index contributed by atoms with van der Waals surface area (Å²) in [5.74, 6) is -0.622. The first-order valence-corrected chi connectivity index (χ1v) is 11.0. The Morgan fingerprint density at radius 1 is 0.615 bits per heavy atom. The van der Waals surface area contributed by atoms with Gasteiger partial charge in [-0.2, -0.15) is 0 Å². The maximum atomic E-state index is 5.69. The Balaban J connectivity index is 4.57. The lowest BCUT2D eigenvalue weighted by Crippen LogP contribution is -2.44. The zero-order chi connectivity index (χ0) is 19.7. The van der Waals surface area contributed by atoms with Gasteiger partial charge in [-0.3, -0.25) is 0 Å². The molecule has 0 radical (unpaired) electrons. The summed E-state index contributed by atoms with van der Waals surface area (Å²) >= 11 is 0. The monoisotopic (exact) mass is 373 g/mol. The molecule has 0 rings (SSSR count). The molecule has 0 amide bonds. The van der Waals surface area contributed by atoms with E-state index in [0.717, 1.165) is 19.4 Å². The molecule has 0 aromatic heterocycles. The molecule has 4 heteroatoms. The third kappa shape index (κ3) is 10.2. The van der Waals surface area contributed by atoms with Gasteiger partial charge in [0.2, 0.25) is 0 Å². The maximum absolute atomic E-state index is 5.69. The molecule has 0 aliphatic carbocycles. The van der Waals surface area contributed by atoms with E-state index in [0.29, 0.717) is 0 Å². The van der Waals surface area contributed by atoms with E-state index in [-0.39, 0.29) is 5.92 Å². The lowest BCUT2D eigenvalue weighted by atomic mass is 9.92. The van der Waals surface area contributed by atoms with E-state index in [9.17, 15) is 0 Å². The summed E-state index contributed by atoms with van der Waals surface area (Å²) in [7, 11) is 5.09. The summed E-state index contributed by atoms with van der Waals surface area (Å²) < 4.78 is 17.1. The first kappa shape index (κ1) is 25.8. The van der Waals surface area contributed by atoms with Crippen LogP contribution >= 0.6 is 0 Å². The predicted octanol–water partition coefficient (Wildman–Crippen LogP) is 5.85. The minimum Gasteiger partial charge on any atom is -0.331 e. The smallest absolute Gasteiger partial charge is 0.285 e. The number of ether oxygens (including phenoxy) is 3. The molecule has 0 saturated carbocycles. The molecule has 0 spiro atoms. The molecule has 1 unspecified atom stereocenters. The minimum absolute atomic E-state index is 0.277. The summed E-state index contributed by atoms with van der Waals surface area (Å²) in [6.07, 6.45) is 13.6. The molecule has 0 bridgehead atoms. The molecule has 26 heavy (non-hydrogen) atoms. The molecular weight excluding hydrogens is 326 g/mol. The normalized spacial score (nSPS) is 13.5. The van der Waals surface area contributed by atoms with E-state index in [1.165, 1.54) is 70.9 Å². The van der Waals surface area contributed by atoms with Crippen molar-refractivity contribution in [1.82, 2.24) is 4.90 Å². The van der Waals surface area contributed by atoms with Crippen molar-refractivity contribution in [2.24, 2.45) is 5.92 Å². The van der Waals surface area contributed by atoms with Crippen molar-refractivity contribution in [3.63, 3.8) is 0 Å². The van der Waals surface area contributed by atoms with Crippen molar-refractivity contribution in [1.29, 1.82) is 0 Å². The topological polar surface area (TPSA) is 30.9 Å². The standard InChI is InChI=1S/C22H47NO3/c1-7-10-11-12-13-14-16-21(22(24-4,25-5)26-6)17-15-20-23(18-8-2)19-9-3/h21H,7-20H2,1-6H3. The van der Waals surface area contributed by atoms with Crippen LogP contribution in [0.15, 0.2) is 0 Å². The van der Waals surface area contributed by atoms with Crippen molar-refractivity contribution >= 4 is 0 Å². The molecule has 0 N–H and O–H groups in total. The van der Waals surface area contributed by atoms with Gasteiger partial charge >= 0.3 is 0 Å². The van der Waals surface area contributed by atoms with Gasteiger partial charge in [0, 0.05) is 27.2 Å². The van der Waals surface area contributed by atoms with Crippen LogP contribution in [-0.2, 0) is 14.2 Å². The molecule has 0 aliphatic rings. The zero-order valence-electron chi connectivity index (χ0n) is 18.6. The van der Waals surface area contributed by atoms with Crippen LogP contribution in [0.2, 0.25) is 0 Å². The number of nitrogens with zero attached hydrogens (tertiary/aromatic N) is 1. The third-order valence-corrected chi connectivity index (χ3v) is 5.37. The van der Waals surface area contributed by atoms with Crippen molar-refractivity contribution < 1.29 is 14.2 Å². The molecule has 1 atom stereocenters. The minimum atomic E-state index is -0.899. The fourth-order valence-electron chi connectivity index (χ4n) is 3.95. The van der Waals surface area contributed by atoms with E-state index in [1.54, 1.807) is 21.3 Å². The molecule has 0 aliphatic heterocycles. The summed E-state index contributed by atoms with van der Waals surface area (Å²) in [6, 6.07) is 0. The maximum Gasteiger partial charge on any atom is 0.285 e. The lowest BCUT2D eigenvalue weighted by Gasteiger charge is -2.37. The van der Waals surface area contributed by atoms with Crippen LogP contribution in [0.25, 0.3) is 0 Å². The van der Waals surface area contributed by atoms with Crippen LogP contribution in [0.5, 0.6) is 0 Å². The molecule has 0 heterocycles. The lowest BCUT2D eigenvalue weighted by molar-refractivity contribution is -0.380. The largest absolute Gasteiger partial charge is 0.331 e. The van der Waals surface area contributed by atoms with Crippen LogP contribution in [-0.4, -0.2) is 51.8 Å². The number of hydrogen-bond acceptors (Lipinski definition) is 4. The van der Waals surface area contributed by atoms with Crippen LogP contribution < -0.4 is 0 Å². The number of hydrogen-bond donors (Lipinski definition) is 0. The van der Waals surface area contributed by atoms with Crippen LogP contribution in [0.1, 0.15) is 91.4 Å². The van der Waals surface area contributed by atoms with E-state index >= 15 is 0 Å². The Labute approximate surface area is 164 Å². The SMILES string of the molecule is CCCCCCCCC(CCCN(CCC)CCC)C(OC)(OC)OC. The summed E-state index contributed by atoms with van der Waals surface area (Å²) in [5, 5.41) is 0. The van der Waals surface area contributed by atoms with E-state index in [2.05, 4.69) is 25.7 Å². The van der Waals surface area contributed by atoms with Crippen LogP contribution in [0.4, 0.5) is 0 Å². The van der Waals surface area contributed by atoms with Gasteiger partial charge in [0.15, 0.2) is 0 Å². The van der Waals surface area contributed by atoms with Crippen molar-refractivity contribution in [3.8, 4) is 0 Å². The first-order chi connectivity index (χ1) is 12.6. The molecule has 0 aromatic carbocycles. The Kier molecular flexibility index (Phi) is 16.9. The van der Waals surface area contributed by atoms with Gasteiger partial charge in [-0.05, 0) is 51.7 Å². The van der Waals surface area contributed by atoms with Gasteiger partial charge in [0.1, 0.15) is 0 Å². The number of rotatable bonds is 19. The zero-order valence-corrected chi connectivity index (χ0v) is 18.6. The van der Waals surface area contributed by atoms with Gasteiger partial charge < -0.3 is 19.1 Å². The van der Waals surface area contributed by atoms with Gasteiger partial charge in [0.25, 0.3) is 5.97 Å². The second-order valence-corrected chi connectivity index (χ2v) is 7.45. The third-order valence-electron chi connectivity index (χ3n) is 5.37. The van der Waals surface area contributed by atoms with Crippen molar-refractivity contribution in [2.45, 2.75) is 97.4 Å². The Hall–Kier alpha value is -0.160. The Morgan fingerprint density at radius 3 is 1.62 bits per heavy atom. The second-order valence-electron chi connectivity index (χ2n) is 7.45. The number of unbranched alkanes of at least 4 members (excludes halogenated alkanes) is 5. The highest BCUT2D eigenvalue weighted by molar-refractivity contribution is 4.72. The van der Waals surface area contributed by atoms with Crippen molar-refractivity contribution in [2.75, 3.05) is 41.0 Å². The molecule has 4 nitrogen and oxygen atoms in total. The van der Waals surface area contributed by atoms with Gasteiger partial charge in [-0.1, -0.05) is 59.3 Å². The molecule has 158 valence electrons. The summed E-state index contributed by atoms with van der Waals surface area (Å²) in [4.78, 5) is 2.58. The first-order valence-electron chi connectivity index (χ1n) is 11.0. The predicted molar refractivity (Wildman–Crippen MR) is 111 cm³/mol. The summed E-state index contributed by atoms with van der Waals surface area (Å²) in [5.41, 5.74) is 0. The average Bonchev–Trinajstić information content (AvgIpc) is 2.66. The summed E-state index contributed by atoms with van der Waals surface area (Å²) in [6.45, 7) is 10.3. The molecule has 0 aromatic rings. The van der Waals surface area contributed by atoms with Crippen LogP contribution in [0, 0.1) is 5.92 Å². The van der Waals surface area contributed by atoms with Crippen molar-refractivity contribution in [3.05, 3.63) is 0 Å². The highest BCUT2D eigenvalue weighted by atomic mass is 16.9. The average molecular weight is 374 g/mol. The van der Waals surface area contributed by atoms with E-state index < -0.39 is 5.97 Å². The van der Waals surface area contributed by atoms with Gasteiger partial charge in [0.05, 0.1) is 0 Å². The van der Waals surface area contributed by atoms with Crippen LogP contribution in [0.3, 0.4) is 0 Å². The highest BCUT2D eigenvalue weighted by Gasteiger charge is 2.39. The number of methoxy groups -OCH3 is 3. The Morgan fingerprint density at radius 2 is 1.12 bits per heavy atom. The van der Waals surface area contributed by atoms with Gasteiger partial charge in [-0.25, -0.2) is 0 Å². The molecule has 0 saturated heterocycles. The fourth-order valence-corrected chi connectivity index (χ4v) is 3.95. The van der Waals surface area contributed by atoms with Gasteiger partial charge in [-0.15, -0.1) is 0 Å². The second kappa shape index (κ2) is 17.0. The highest BCUT2D eigenvalue weighted by Crippen LogP contribution is 2.32.